The number of likely N-dealkylation sites (N-methyl/N-ethyl adjacent to an activating group) is 1. The molecule has 7 heteroatoms. The fourth-order valence-corrected chi connectivity index (χ4v) is 1.19. The van der Waals surface area contributed by atoms with Crippen LogP contribution in [0.25, 0.3) is 0 Å². The van der Waals surface area contributed by atoms with Gasteiger partial charge in [0.1, 0.15) is 6.04 Å². The molecular weight excluding hydrogens is 224 g/mol. The van der Waals surface area contributed by atoms with Crippen LogP contribution in [0, 0.1) is 0 Å². The van der Waals surface area contributed by atoms with Crippen LogP contribution in [0.3, 0.4) is 0 Å². The molecule has 0 aromatic carbocycles. The Morgan fingerprint density at radius 1 is 1.65 bits per heavy atom. The van der Waals surface area contributed by atoms with E-state index in [1.807, 2.05) is 0 Å². The van der Waals surface area contributed by atoms with E-state index in [1.165, 1.54) is 14.0 Å². The lowest BCUT2D eigenvalue weighted by atomic mass is 10.3. The molecule has 1 unspecified atom stereocenters. The van der Waals surface area contributed by atoms with E-state index >= 15 is 0 Å². The molecule has 0 fully saturated rings. The molecule has 0 aliphatic heterocycles. The number of carbonyl (C=O) groups excluding carboxylic acids is 1. The Labute approximate surface area is 98.8 Å². The molecule has 0 spiro atoms. The van der Waals surface area contributed by atoms with Crippen LogP contribution in [0.1, 0.15) is 12.6 Å². The minimum atomic E-state index is -1.03. The fourth-order valence-electron chi connectivity index (χ4n) is 1.19. The summed E-state index contributed by atoms with van der Waals surface area (Å²) in [6.45, 7) is 1.88. The van der Waals surface area contributed by atoms with E-state index in [4.69, 9.17) is 5.11 Å². The average molecular weight is 240 g/mol. The molecule has 94 valence electrons. The topological polar surface area (TPSA) is 98.3 Å². The molecule has 3 N–H and O–H groups in total. The molecule has 1 aromatic heterocycles. The largest absolute Gasteiger partial charge is 0.480 e. The number of hydrogen-bond donors (Lipinski definition) is 3. The first-order valence-electron chi connectivity index (χ1n) is 5.23. The molecule has 1 atom stereocenters. The molecule has 0 saturated carbocycles. The van der Waals surface area contributed by atoms with Gasteiger partial charge in [-0.15, -0.1) is 0 Å². The van der Waals surface area contributed by atoms with E-state index < -0.39 is 18.0 Å². The fraction of sp³-hybridized carbons (Fsp3) is 0.500. The Kier molecular flexibility index (Phi) is 4.50. The second-order valence-electron chi connectivity index (χ2n) is 3.68. The first-order valence-corrected chi connectivity index (χ1v) is 5.23. The Morgan fingerprint density at radius 3 is 2.88 bits per heavy atom. The predicted octanol–water partition coefficient (Wildman–Crippen LogP) is 0.0667. The third-order valence-corrected chi connectivity index (χ3v) is 2.48. The van der Waals surface area contributed by atoms with Crippen LogP contribution >= 0.6 is 0 Å². The summed E-state index contributed by atoms with van der Waals surface area (Å²) in [6.07, 6.45) is 3.87. The van der Waals surface area contributed by atoms with Gasteiger partial charge in [-0.25, -0.2) is 14.6 Å². The zero-order chi connectivity index (χ0) is 12.8. The first kappa shape index (κ1) is 13.0. The summed E-state index contributed by atoms with van der Waals surface area (Å²) in [6, 6.07) is -1.25. The smallest absolute Gasteiger partial charge is 0.326 e. The van der Waals surface area contributed by atoms with Crippen molar-refractivity contribution in [1.29, 1.82) is 0 Å². The van der Waals surface area contributed by atoms with Crippen LogP contribution < -0.4 is 5.32 Å². The SMILES string of the molecule is CC(C(=O)O)N(C)C(=O)NCCc1cnc[nH]1. The zero-order valence-electron chi connectivity index (χ0n) is 9.80. The van der Waals surface area contributed by atoms with Crippen molar-refractivity contribution in [3.63, 3.8) is 0 Å². The number of nitrogens with one attached hydrogen (secondary N) is 2. The molecule has 0 aliphatic rings. The second-order valence-corrected chi connectivity index (χ2v) is 3.68. The number of aliphatic carboxylic acids is 1. The highest BCUT2D eigenvalue weighted by Crippen LogP contribution is 1.96. The summed E-state index contributed by atoms with van der Waals surface area (Å²) in [4.78, 5) is 30.1. The van der Waals surface area contributed by atoms with E-state index in [0.29, 0.717) is 13.0 Å². The number of imidazole rings is 1. The molecule has 0 bridgehead atoms. The summed E-state index contributed by atoms with van der Waals surface area (Å²) < 4.78 is 0. The maximum absolute atomic E-state index is 11.5. The molecule has 1 rings (SSSR count). The van der Waals surface area contributed by atoms with Gasteiger partial charge in [-0.2, -0.15) is 0 Å². The van der Waals surface area contributed by atoms with Crippen LogP contribution in [0.2, 0.25) is 0 Å². The lowest BCUT2D eigenvalue weighted by molar-refractivity contribution is -0.141. The van der Waals surface area contributed by atoms with E-state index in [0.717, 1.165) is 10.6 Å². The quantitative estimate of drug-likeness (QED) is 0.678. The maximum atomic E-state index is 11.5. The summed E-state index contributed by atoms with van der Waals surface area (Å²) in [7, 11) is 1.45. The van der Waals surface area contributed by atoms with E-state index in [1.54, 1.807) is 12.5 Å². The predicted molar refractivity (Wildman–Crippen MR) is 60.6 cm³/mol. The summed E-state index contributed by atoms with van der Waals surface area (Å²) >= 11 is 0. The van der Waals surface area contributed by atoms with Gasteiger partial charge in [0.05, 0.1) is 6.33 Å². The summed E-state index contributed by atoms with van der Waals surface area (Å²) in [5.41, 5.74) is 0.916. The Balaban J connectivity index is 2.32. The molecule has 0 aliphatic carbocycles. The van der Waals surface area contributed by atoms with Gasteiger partial charge >= 0.3 is 12.0 Å². The van der Waals surface area contributed by atoms with Gasteiger partial charge in [-0.05, 0) is 6.92 Å². The van der Waals surface area contributed by atoms with Gasteiger partial charge in [-0.1, -0.05) is 0 Å². The average Bonchev–Trinajstić information content (AvgIpc) is 2.79. The monoisotopic (exact) mass is 240 g/mol. The maximum Gasteiger partial charge on any atom is 0.326 e. The van der Waals surface area contributed by atoms with Gasteiger partial charge in [0.2, 0.25) is 0 Å². The minimum Gasteiger partial charge on any atom is -0.480 e. The van der Waals surface area contributed by atoms with Crippen LogP contribution in [0.5, 0.6) is 0 Å². The number of rotatable bonds is 5. The Bertz CT molecular complexity index is 377. The summed E-state index contributed by atoms with van der Waals surface area (Å²) in [5, 5.41) is 11.4. The Morgan fingerprint density at radius 2 is 2.35 bits per heavy atom. The van der Waals surface area contributed by atoms with Crippen molar-refractivity contribution in [2.24, 2.45) is 0 Å². The third-order valence-electron chi connectivity index (χ3n) is 2.48. The van der Waals surface area contributed by atoms with E-state index in [2.05, 4.69) is 15.3 Å². The highest BCUT2D eigenvalue weighted by Gasteiger charge is 2.20. The van der Waals surface area contributed by atoms with Gasteiger partial charge in [-0.3, -0.25) is 0 Å². The number of aromatic nitrogens is 2. The number of hydrogen-bond acceptors (Lipinski definition) is 3. The number of nitrogens with zero attached hydrogens (tertiary/aromatic N) is 2. The van der Waals surface area contributed by atoms with Crippen molar-refractivity contribution < 1.29 is 14.7 Å². The first-order chi connectivity index (χ1) is 8.02. The molecule has 17 heavy (non-hydrogen) atoms. The number of carboxylic acids is 1. The van der Waals surface area contributed by atoms with Gasteiger partial charge in [0.15, 0.2) is 0 Å². The second kappa shape index (κ2) is 5.88. The minimum absolute atomic E-state index is 0.403. The van der Waals surface area contributed by atoms with Gasteiger partial charge in [0, 0.05) is 31.9 Å². The van der Waals surface area contributed by atoms with Crippen LogP contribution in [-0.2, 0) is 11.2 Å². The van der Waals surface area contributed by atoms with E-state index in [9.17, 15) is 9.59 Å². The van der Waals surface area contributed by atoms with E-state index in [-0.39, 0.29) is 0 Å². The van der Waals surface area contributed by atoms with Crippen LogP contribution in [0.4, 0.5) is 4.79 Å². The molecule has 1 heterocycles. The van der Waals surface area contributed by atoms with Crippen molar-refractivity contribution in [2.75, 3.05) is 13.6 Å². The number of carbonyl (C=O) groups is 2. The number of carboxylic acid groups (broad SMARTS) is 1. The van der Waals surface area contributed by atoms with Crippen molar-refractivity contribution in [3.05, 3.63) is 18.2 Å². The standard InChI is InChI=1S/C10H16N4O3/c1-7(9(15)16)14(2)10(17)12-4-3-8-5-11-6-13-8/h5-7H,3-4H2,1-2H3,(H,11,13)(H,12,17)(H,15,16). The van der Waals surface area contributed by atoms with Crippen molar-refractivity contribution in [3.8, 4) is 0 Å². The van der Waals surface area contributed by atoms with Gasteiger partial charge < -0.3 is 20.3 Å². The molecule has 1 aromatic rings. The van der Waals surface area contributed by atoms with Crippen molar-refractivity contribution in [1.82, 2.24) is 20.2 Å². The van der Waals surface area contributed by atoms with Crippen molar-refractivity contribution >= 4 is 12.0 Å². The third kappa shape index (κ3) is 3.78. The number of urea groups is 1. The van der Waals surface area contributed by atoms with Crippen molar-refractivity contribution in [2.45, 2.75) is 19.4 Å². The highest BCUT2D eigenvalue weighted by molar-refractivity contribution is 5.82. The lowest BCUT2D eigenvalue weighted by Gasteiger charge is -2.21. The molecule has 2 amide bonds. The molecule has 0 saturated heterocycles. The van der Waals surface area contributed by atoms with Crippen LogP contribution in [-0.4, -0.2) is 51.6 Å². The normalized spacial score (nSPS) is 11.9. The molecular formula is C10H16N4O3. The number of amides is 2. The lowest BCUT2D eigenvalue weighted by Crippen LogP contribution is -2.46. The number of H-pyrrole nitrogens is 1. The molecule has 0 radical (unpaired) electrons. The highest BCUT2D eigenvalue weighted by atomic mass is 16.4. The zero-order valence-corrected chi connectivity index (χ0v) is 9.80. The molecule has 7 nitrogen and oxygen atoms in total. The van der Waals surface area contributed by atoms with Gasteiger partial charge in [0.25, 0.3) is 0 Å². The Hall–Kier alpha value is -2.05. The van der Waals surface area contributed by atoms with Crippen LogP contribution in [0.15, 0.2) is 12.5 Å². The number of aromatic amines is 1. The summed E-state index contributed by atoms with van der Waals surface area (Å²) in [5.74, 6) is -1.03.